The standard InChI is InChI=1S/C80H155NO5/c1-3-5-7-9-11-13-15-17-19-21-42-46-50-54-58-62-66-70-74-80(85)86-75-71-67-63-59-55-51-47-43-40-38-36-34-32-30-28-26-24-22-23-25-27-29-31-33-35-37-39-41-45-49-53-57-61-65-69-73-79(84)81-77(76-82)78(83)72-68-64-60-56-52-48-44-20-18-16-14-12-10-8-6-4-2/h13,15,19,21,77-78,82-83H,3-12,14,16-18,20,22-76H2,1-2H3,(H,81,84)/b15-13-,21-19-. The van der Waals surface area contributed by atoms with Gasteiger partial charge in [-0.25, -0.2) is 0 Å². The second-order valence-corrected chi connectivity index (χ2v) is 27.4. The van der Waals surface area contributed by atoms with Gasteiger partial charge in [0.15, 0.2) is 0 Å². The van der Waals surface area contributed by atoms with Crippen LogP contribution < -0.4 is 5.32 Å². The van der Waals surface area contributed by atoms with Crippen LogP contribution in [-0.4, -0.2) is 47.4 Å². The molecule has 0 fully saturated rings. The van der Waals surface area contributed by atoms with Gasteiger partial charge in [0.2, 0.25) is 5.91 Å². The molecule has 0 rings (SSSR count). The highest BCUT2D eigenvalue weighted by molar-refractivity contribution is 5.76. The highest BCUT2D eigenvalue weighted by Gasteiger charge is 2.20. The van der Waals surface area contributed by atoms with Crippen LogP contribution in [0, 0.1) is 0 Å². The van der Waals surface area contributed by atoms with Gasteiger partial charge in [-0.1, -0.05) is 404 Å². The van der Waals surface area contributed by atoms with Gasteiger partial charge in [0.25, 0.3) is 0 Å². The van der Waals surface area contributed by atoms with E-state index in [0.717, 1.165) is 51.4 Å². The average Bonchev–Trinajstić information content (AvgIpc) is 3.60. The Balaban J connectivity index is 3.30. The highest BCUT2D eigenvalue weighted by atomic mass is 16.5. The third-order valence-electron chi connectivity index (χ3n) is 18.8. The maximum Gasteiger partial charge on any atom is 0.305 e. The third-order valence-corrected chi connectivity index (χ3v) is 18.8. The molecular formula is C80H155NO5. The van der Waals surface area contributed by atoms with Gasteiger partial charge in [-0.3, -0.25) is 9.59 Å². The van der Waals surface area contributed by atoms with Gasteiger partial charge < -0.3 is 20.3 Å². The van der Waals surface area contributed by atoms with Crippen LogP contribution in [0.4, 0.5) is 0 Å². The van der Waals surface area contributed by atoms with E-state index >= 15 is 0 Å². The lowest BCUT2D eigenvalue weighted by Crippen LogP contribution is -2.45. The first-order valence-corrected chi connectivity index (χ1v) is 39.6. The molecule has 0 heterocycles. The Morgan fingerprint density at radius 1 is 0.326 bits per heavy atom. The minimum atomic E-state index is -0.660. The van der Waals surface area contributed by atoms with Crippen molar-refractivity contribution in [2.24, 2.45) is 0 Å². The molecule has 0 spiro atoms. The van der Waals surface area contributed by atoms with Crippen molar-refractivity contribution >= 4 is 11.9 Å². The molecule has 0 aromatic rings. The number of allylic oxidation sites excluding steroid dienone is 4. The normalized spacial score (nSPS) is 12.6. The van der Waals surface area contributed by atoms with Gasteiger partial charge >= 0.3 is 5.97 Å². The maximum atomic E-state index is 12.5. The van der Waals surface area contributed by atoms with Crippen molar-refractivity contribution in [3.63, 3.8) is 0 Å². The molecule has 6 nitrogen and oxygen atoms in total. The number of hydrogen-bond acceptors (Lipinski definition) is 5. The first-order valence-electron chi connectivity index (χ1n) is 39.6. The number of aliphatic hydroxyl groups is 2. The Bertz CT molecular complexity index is 1350. The Hall–Kier alpha value is -1.66. The molecular weight excluding hydrogens is 1050 g/mol. The highest BCUT2D eigenvalue weighted by Crippen LogP contribution is 2.20. The lowest BCUT2D eigenvalue weighted by Gasteiger charge is -2.22. The number of hydrogen-bond donors (Lipinski definition) is 3. The summed E-state index contributed by atoms with van der Waals surface area (Å²) in [5.41, 5.74) is 0. The van der Waals surface area contributed by atoms with E-state index in [0.29, 0.717) is 25.9 Å². The van der Waals surface area contributed by atoms with E-state index in [1.165, 1.54) is 366 Å². The molecule has 0 aliphatic rings. The summed E-state index contributed by atoms with van der Waals surface area (Å²) in [4.78, 5) is 24.6. The first-order chi connectivity index (χ1) is 42.5. The number of carbonyl (C=O) groups excluding carboxylic acids is 2. The van der Waals surface area contributed by atoms with E-state index in [-0.39, 0.29) is 18.5 Å². The number of rotatable bonds is 75. The summed E-state index contributed by atoms with van der Waals surface area (Å²) < 4.78 is 5.51. The number of aliphatic hydroxyl groups excluding tert-OH is 2. The minimum Gasteiger partial charge on any atom is -0.466 e. The fourth-order valence-corrected chi connectivity index (χ4v) is 12.7. The molecule has 0 aromatic carbocycles. The van der Waals surface area contributed by atoms with Gasteiger partial charge in [0, 0.05) is 12.8 Å². The van der Waals surface area contributed by atoms with Gasteiger partial charge in [0.05, 0.1) is 25.4 Å². The molecule has 86 heavy (non-hydrogen) atoms. The first kappa shape index (κ1) is 84.3. The van der Waals surface area contributed by atoms with Crippen LogP contribution in [0.2, 0.25) is 0 Å². The van der Waals surface area contributed by atoms with Crippen LogP contribution >= 0.6 is 0 Å². The summed E-state index contributed by atoms with van der Waals surface area (Å²) in [7, 11) is 0. The molecule has 510 valence electrons. The largest absolute Gasteiger partial charge is 0.466 e. The molecule has 2 atom stereocenters. The zero-order valence-corrected chi connectivity index (χ0v) is 58.6. The summed E-state index contributed by atoms with van der Waals surface area (Å²) in [6.45, 7) is 4.98. The second-order valence-electron chi connectivity index (χ2n) is 27.4. The number of esters is 1. The molecule has 6 heteroatoms. The molecule has 0 aliphatic carbocycles. The monoisotopic (exact) mass is 1210 g/mol. The van der Waals surface area contributed by atoms with Crippen molar-refractivity contribution in [2.45, 2.75) is 463 Å². The Morgan fingerprint density at radius 3 is 0.895 bits per heavy atom. The zero-order chi connectivity index (χ0) is 62.0. The zero-order valence-electron chi connectivity index (χ0n) is 58.6. The van der Waals surface area contributed by atoms with Crippen molar-refractivity contribution in [3.8, 4) is 0 Å². The van der Waals surface area contributed by atoms with Crippen LogP contribution in [0.1, 0.15) is 450 Å². The summed E-state index contributed by atoms with van der Waals surface area (Å²) >= 11 is 0. The molecule has 2 unspecified atom stereocenters. The summed E-state index contributed by atoms with van der Waals surface area (Å²) in [5, 5.41) is 23.4. The van der Waals surface area contributed by atoms with Crippen molar-refractivity contribution in [2.75, 3.05) is 13.2 Å². The topological polar surface area (TPSA) is 95.9 Å². The fourth-order valence-electron chi connectivity index (χ4n) is 12.7. The minimum absolute atomic E-state index is 0.0161. The van der Waals surface area contributed by atoms with E-state index in [2.05, 4.69) is 43.5 Å². The predicted molar refractivity (Wildman–Crippen MR) is 380 cm³/mol. The SMILES string of the molecule is CCCCCC/C=C\C/C=C\CCCCCCCCCC(=O)OCCCCCCCCCCCCCCCCCCCCCCCCCCCCCCCCCCCCCC(=O)NC(CO)C(O)CCCCCCCCCCCCCCCCCC. The summed E-state index contributed by atoms with van der Waals surface area (Å²) in [6.07, 6.45) is 97.0. The predicted octanol–water partition coefficient (Wildman–Crippen LogP) is 26.0. The van der Waals surface area contributed by atoms with Crippen LogP contribution in [0.5, 0.6) is 0 Å². The molecule has 3 N–H and O–H groups in total. The van der Waals surface area contributed by atoms with Crippen molar-refractivity contribution in [3.05, 3.63) is 24.3 Å². The quantitative estimate of drug-likeness (QED) is 0.0320. The maximum absolute atomic E-state index is 12.5. The average molecular weight is 1210 g/mol. The molecule has 1 amide bonds. The van der Waals surface area contributed by atoms with Crippen molar-refractivity contribution < 1.29 is 24.5 Å². The van der Waals surface area contributed by atoms with Gasteiger partial charge in [-0.2, -0.15) is 0 Å². The second kappa shape index (κ2) is 75.8. The van der Waals surface area contributed by atoms with Crippen LogP contribution in [0.15, 0.2) is 24.3 Å². The van der Waals surface area contributed by atoms with Gasteiger partial charge in [-0.15, -0.1) is 0 Å². The van der Waals surface area contributed by atoms with E-state index in [4.69, 9.17) is 4.74 Å². The molecule has 0 bridgehead atoms. The molecule has 0 saturated carbocycles. The number of carbonyl (C=O) groups is 2. The van der Waals surface area contributed by atoms with E-state index in [1.54, 1.807) is 0 Å². The van der Waals surface area contributed by atoms with Gasteiger partial charge in [-0.05, 0) is 57.8 Å². The number of unbranched alkanes of at least 4 members (excludes halogenated alkanes) is 60. The van der Waals surface area contributed by atoms with E-state index in [9.17, 15) is 19.8 Å². The van der Waals surface area contributed by atoms with E-state index < -0.39 is 12.1 Å². The van der Waals surface area contributed by atoms with Crippen LogP contribution in [-0.2, 0) is 14.3 Å². The summed E-state index contributed by atoms with van der Waals surface area (Å²) in [6, 6.07) is -0.537. The van der Waals surface area contributed by atoms with Crippen molar-refractivity contribution in [1.82, 2.24) is 5.32 Å². The van der Waals surface area contributed by atoms with Crippen molar-refractivity contribution in [1.29, 1.82) is 0 Å². The van der Waals surface area contributed by atoms with Crippen LogP contribution in [0.3, 0.4) is 0 Å². The fraction of sp³-hybridized carbons (Fsp3) is 0.925. The number of ether oxygens (including phenoxy) is 1. The Kier molecular flexibility index (Phi) is 74.3. The third kappa shape index (κ3) is 71.4. The molecule has 0 radical (unpaired) electrons. The number of nitrogens with one attached hydrogen (secondary N) is 1. The lowest BCUT2D eigenvalue weighted by molar-refractivity contribution is -0.143. The number of amides is 1. The molecule has 0 aliphatic heterocycles. The molecule has 0 aromatic heterocycles. The summed E-state index contributed by atoms with van der Waals surface area (Å²) in [5.74, 6) is -0.00954. The smallest absolute Gasteiger partial charge is 0.305 e. The Labute approximate surface area is 539 Å². The lowest BCUT2D eigenvalue weighted by atomic mass is 10.0. The van der Waals surface area contributed by atoms with Gasteiger partial charge in [0.1, 0.15) is 0 Å². The molecule has 0 saturated heterocycles. The van der Waals surface area contributed by atoms with Crippen LogP contribution in [0.25, 0.3) is 0 Å². The van der Waals surface area contributed by atoms with E-state index in [1.807, 2.05) is 0 Å². The Morgan fingerprint density at radius 2 is 0.581 bits per heavy atom.